The molecule has 0 atom stereocenters. The van der Waals surface area contributed by atoms with Crippen molar-refractivity contribution in [1.82, 2.24) is 0 Å². The van der Waals surface area contributed by atoms with Crippen molar-refractivity contribution in [1.29, 1.82) is 0 Å². The highest BCUT2D eigenvalue weighted by Gasteiger charge is 2.28. The molecule has 0 fully saturated rings. The predicted molar refractivity (Wildman–Crippen MR) is 155 cm³/mol. The molecule has 4 aromatic carbocycles. The van der Waals surface area contributed by atoms with Crippen LogP contribution < -0.4 is 14.9 Å². The van der Waals surface area contributed by atoms with Crippen molar-refractivity contribution in [3.05, 3.63) is 101 Å². The van der Waals surface area contributed by atoms with E-state index in [1.807, 2.05) is 6.07 Å². The molecule has 6 rings (SSSR count). The van der Waals surface area contributed by atoms with Crippen LogP contribution in [0.3, 0.4) is 0 Å². The van der Waals surface area contributed by atoms with Crippen LogP contribution >= 0.6 is 0 Å². The van der Waals surface area contributed by atoms with Crippen LogP contribution in [0, 0.1) is 26.6 Å². The van der Waals surface area contributed by atoms with Gasteiger partial charge in [-0.2, -0.15) is 4.57 Å². The van der Waals surface area contributed by atoms with E-state index in [0.29, 0.717) is 11.1 Å². The number of aromatic nitrogens is 1. The summed E-state index contributed by atoms with van der Waals surface area (Å²) in [5, 5.41) is 6.07. The van der Waals surface area contributed by atoms with Crippen LogP contribution in [-0.4, -0.2) is 8.07 Å². The first-order valence-corrected chi connectivity index (χ1v) is 15.8. The third kappa shape index (κ3) is 3.54. The van der Waals surface area contributed by atoms with Crippen LogP contribution in [0.1, 0.15) is 16.7 Å². The quantitative estimate of drug-likeness (QED) is 0.185. The summed E-state index contributed by atoms with van der Waals surface area (Å²) in [4.78, 5) is 0. The smallest absolute Gasteiger partial charge is 0.216 e. The molecular formula is C33H31FNOSi+. The molecule has 0 aliphatic rings. The number of hydrogen-bond acceptors (Lipinski definition) is 1. The van der Waals surface area contributed by atoms with Gasteiger partial charge in [-0.1, -0.05) is 59.9 Å². The Morgan fingerprint density at radius 3 is 2.24 bits per heavy atom. The summed E-state index contributed by atoms with van der Waals surface area (Å²) in [6.45, 7) is 10.9. The Bertz CT molecular complexity index is 1850. The van der Waals surface area contributed by atoms with Gasteiger partial charge >= 0.3 is 0 Å². The summed E-state index contributed by atoms with van der Waals surface area (Å²) >= 11 is 0. The molecular weight excluding hydrogens is 473 g/mol. The lowest BCUT2D eigenvalue weighted by Crippen LogP contribution is -2.52. The van der Waals surface area contributed by atoms with Crippen molar-refractivity contribution >= 4 is 51.3 Å². The molecule has 0 aliphatic carbocycles. The molecule has 0 saturated carbocycles. The molecule has 6 aromatic rings. The highest BCUT2D eigenvalue weighted by Crippen LogP contribution is 2.40. The molecule has 0 aliphatic heterocycles. The number of aryl methyl sites for hydroxylation is 3. The van der Waals surface area contributed by atoms with Crippen LogP contribution in [0.2, 0.25) is 13.1 Å². The van der Waals surface area contributed by atoms with Gasteiger partial charge in [0.05, 0.1) is 5.56 Å². The molecule has 0 N–H and O–H groups in total. The fourth-order valence-corrected chi connectivity index (χ4v) is 8.06. The second-order valence-electron chi connectivity index (χ2n) is 10.8. The highest BCUT2D eigenvalue weighted by molar-refractivity contribution is 7.00. The predicted octanol–water partition coefficient (Wildman–Crippen LogP) is 7.12. The maximum Gasteiger partial charge on any atom is 0.216 e. The number of rotatable bonds is 3. The second-order valence-corrected chi connectivity index (χ2v) is 15.2. The zero-order chi connectivity index (χ0) is 26.1. The standard InChI is InChI=1S/C33H31FNOSi/c1-20-18-27-26-14-15-28(34)22(3)32(26)36-33(27)31(21(20)2)30-16-12-23-19-25(13-17-29(23)35(30)4)37(5,6)24-10-8-7-9-11-24/h7-19H,1-6H3/q+1. The van der Waals surface area contributed by atoms with Crippen molar-refractivity contribution in [2.75, 3.05) is 0 Å². The van der Waals surface area contributed by atoms with E-state index in [2.05, 4.69) is 105 Å². The summed E-state index contributed by atoms with van der Waals surface area (Å²) in [5.41, 5.74) is 7.69. The van der Waals surface area contributed by atoms with E-state index in [0.717, 1.165) is 27.6 Å². The van der Waals surface area contributed by atoms with E-state index < -0.39 is 8.07 Å². The summed E-state index contributed by atoms with van der Waals surface area (Å²) in [5.74, 6) is -0.240. The fourth-order valence-electron chi connectivity index (χ4n) is 5.69. The van der Waals surface area contributed by atoms with Crippen LogP contribution in [0.15, 0.2) is 83.3 Å². The Kier molecular flexibility index (Phi) is 5.36. The molecule has 0 amide bonds. The molecule has 0 saturated heterocycles. The lowest BCUT2D eigenvalue weighted by Gasteiger charge is -2.23. The first-order chi connectivity index (χ1) is 17.7. The molecule has 2 aromatic heterocycles. The fraction of sp³-hybridized carbons (Fsp3) is 0.182. The molecule has 37 heavy (non-hydrogen) atoms. The van der Waals surface area contributed by atoms with E-state index >= 15 is 0 Å². The summed E-state index contributed by atoms with van der Waals surface area (Å²) in [6.07, 6.45) is 0. The molecule has 0 unspecified atom stereocenters. The number of pyridine rings is 1. The minimum Gasteiger partial charge on any atom is -0.455 e. The Morgan fingerprint density at radius 1 is 0.730 bits per heavy atom. The molecule has 0 bridgehead atoms. The van der Waals surface area contributed by atoms with Gasteiger partial charge in [0.1, 0.15) is 32.1 Å². The van der Waals surface area contributed by atoms with Crippen molar-refractivity contribution in [3.63, 3.8) is 0 Å². The Hall–Kier alpha value is -3.76. The minimum atomic E-state index is -1.80. The first-order valence-electron chi connectivity index (χ1n) is 12.8. The molecule has 0 spiro atoms. The van der Waals surface area contributed by atoms with E-state index in [1.165, 1.54) is 38.5 Å². The van der Waals surface area contributed by atoms with E-state index in [1.54, 1.807) is 6.92 Å². The lowest BCUT2D eigenvalue weighted by atomic mass is 9.95. The zero-order valence-electron chi connectivity index (χ0n) is 22.2. The molecule has 2 heterocycles. The van der Waals surface area contributed by atoms with Gasteiger partial charge in [0.25, 0.3) is 0 Å². The van der Waals surface area contributed by atoms with Gasteiger partial charge in [-0.15, -0.1) is 0 Å². The van der Waals surface area contributed by atoms with Gasteiger partial charge in [0.15, 0.2) is 0 Å². The van der Waals surface area contributed by atoms with Crippen molar-refractivity contribution in [2.45, 2.75) is 33.9 Å². The third-order valence-electron chi connectivity index (χ3n) is 8.28. The van der Waals surface area contributed by atoms with Crippen LogP contribution in [0.5, 0.6) is 0 Å². The van der Waals surface area contributed by atoms with Crippen molar-refractivity contribution < 1.29 is 13.4 Å². The molecule has 2 nitrogen and oxygen atoms in total. The number of furan rings is 1. The third-order valence-corrected chi connectivity index (χ3v) is 11.8. The van der Waals surface area contributed by atoms with Crippen LogP contribution in [-0.2, 0) is 7.05 Å². The number of nitrogens with zero attached hydrogens (tertiary/aromatic N) is 1. The number of benzene rings is 4. The van der Waals surface area contributed by atoms with Gasteiger partial charge in [0, 0.05) is 33.9 Å². The number of halogens is 1. The van der Waals surface area contributed by atoms with Crippen LogP contribution in [0.25, 0.3) is 44.1 Å². The lowest BCUT2D eigenvalue weighted by molar-refractivity contribution is -0.633. The van der Waals surface area contributed by atoms with Gasteiger partial charge < -0.3 is 4.42 Å². The van der Waals surface area contributed by atoms with Gasteiger partial charge in [-0.05, 0) is 62.2 Å². The normalized spacial score (nSPS) is 12.2. The maximum atomic E-state index is 14.4. The topological polar surface area (TPSA) is 17.0 Å². The Morgan fingerprint density at radius 2 is 1.49 bits per heavy atom. The van der Waals surface area contributed by atoms with Crippen molar-refractivity contribution in [3.8, 4) is 11.3 Å². The first kappa shape index (κ1) is 23.6. The monoisotopic (exact) mass is 504 g/mol. The maximum absolute atomic E-state index is 14.4. The summed E-state index contributed by atoms with van der Waals surface area (Å²) in [7, 11) is 0.319. The van der Waals surface area contributed by atoms with Gasteiger partial charge in [-0.3, -0.25) is 0 Å². The largest absolute Gasteiger partial charge is 0.455 e. The summed E-state index contributed by atoms with van der Waals surface area (Å²) < 4.78 is 23.0. The zero-order valence-corrected chi connectivity index (χ0v) is 23.2. The van der Waals surface area contributed by atoms with E-state index in [9.17, 15) is 4.39 Å². The average molecular weight is 505 g/mol. The Labute approximate surface area is 218 Å². The van der Waals surface area contributed by atoms with Crippen molar-refractivity contribution in [2.24, 2.45) is 7.05 Å². The number of hydrogen-bond donors (Lipinski definition) is 0. The second kappa shape index (κ2) is 8.39. The van der Waals surface area contributed by atoms with Crippen LogP contribution in [0.4, 0.5) is 4.39 Å². The highest BCUT2D eigenvalue weighted by atomic mass is 28.3. The van der Waals surface area contributed by atoms with E-state index in [-0.39, 0.29) is 5.82 Å². The van der Waals surface area contributed by atoms with Gasteiger partial charge in [0.2, 0.25) is 11.2 Å². The molecule has 0 radical (unpaired) electrons. The minimum absolute atomic E-state index is 0.240. The number of fused-ring (bicyclic) bond motifs is 4. The van der Waals surface area contributed by atoms with Gasteiger partial charge in [-0.25, -0.2) is 4.39 Å². The summed E-state index contributed by atoms with van der Waals surface area (Å²) in [6, 6.07) is 27.8. The SMILES string of the molecule is Cc1cc2c(oc3c(C)c(F)ccc32)c(-c2ccc3cc([Si](C)(C)c4ccccc4)ccc3[n+]2C)c1C. The van der Waals surface area contributed by atoms with E-state index in [4.69, 9.17) is 4.42 Å². The molecule has 184 valence electrons. The Balaban J connectivity index is 1.57. The average Bonchev–Trinajstić information content (AvgIpc) is 3.26. The molecule has 4 heteroatoms.